The second-order valence-electron chi connectivity index (χ2n) is 5.02. The molecule has 0 fully saturated rings. The maximum atomic E-state index is 11.8. The van der Waals surface area contributed by atoms with Crippen LogP contribution in [0.3, 0.4) is 0 Å². The molecule has 0 unspecified atom stereocenters. The van der Waals surface area contributed by atoms with E-state index in [2.05, 4.69) is 16.4 Å². The van der Waals surface area contributed by atoms with Gasteiger partial charge >= 0.3 is 0 Å². The Balaban J connectivity index is 1.85. The summed E-state index contributed by atoms with van der Waals surface area (Å²) in [6.07, 6.45) is 3.12. The summed E-state index contributed by atoms with van der Waals surface area (Å²) in [6.45, 7) is 0.571. The van der Waals surface area contributed by atoms with Gasteiger partial charge in [-0.2, -0.15) is 0 Å². The van der Waals surface area contributed by atoms with Crippen molar-refractivity contribution in [3.8, 4) is 0 Å². The van der Waals surface area contributed by atoms with E-state index >= 15 is 0 Å². The number of anilines is 1. The number of aromatic nitrogens is 1. The molecule has 3 aromatic rings. The van der Waals surface area contributed by atoms with Crippen LogP contribution in [0, 0.1) is 0 Å². The van der Waals surface area contributed by atoms with Crippen LogP contribution in [0.4, 0.5) is 5.69 Å². The first-order valence-corrected chi connectivity index (χ1v) is 8.52. The minimum Gasteiger partial charge on any atom is -0.380 e. The van der Waals surface area contributed by atoms with Gasteiger partial charge in [0.1, 0.15) is 0 Å². The highest BCUT2D eigenvalue weighted by Crippen LogP contribution is 2.22. The molecule has 1 aromatic heterocycles. The largest absolute Gasteiger partial charge is 0.380 e. The van der Waals surface area contributed by atoms with Crippen molar-refractivity contribution in [2.24, 2.45) is 0 Å². The molecule has 0 bridgehead atoms. The first-order valence-electron chi connectivity index (χ1n) is 6.63. The van der Waals surface area contributed by atoms with E-state index < -0.39 is 9.84 Å². The molecule has 21 heavy (non-hydrogen) atoms. The molecule has 0 aliphatic carbocycles. The Hall–Kier alpha value is -2.27. The third-order valence-corrected chi connectivity index (χ3v) is 4.54. The van der Waals surface area contributed by atoms with Crippen molar-refractivity contribution >= 4 is 26.4 Å². The van der Waals surface area contributed by atoms with Crippen molar-refractivity contribution in [3.05, 3.63) is 60.3 Å². The molecular weight excluding hydrogens is 284 g/mol. The van der Waals surface area contributed by atoms with Gasteiger partial charge in [-0.25, -0.2) is 8.42 Å². The highest BCUT2D eigenvalue weighted by molar-refractivity contribution is 7.90. The average molecular weight is 300 g/mol. The first kappa shape index (κ1) is 13.7. The van der Waals surface area contributed by atoms with Crippen LogP contribution in [-0.4, -0.2) is 19.7 Å². The normalized spacial score (nSPS) is 11.7. The average Bonchev–Trinajstić information content (AvgIpc) is 2.92. The summed E-state index contributed by atoms with van der Waals surface area (Å²) in [7, 11) is -3.23. The number of para-hydroxylation sites is 1. The molecule has 0 atom stereocenters. The zero-order chi connectivity index (χ0) is 14.9. The lowest BCUT2D eigenvalue weighted by atomic mass is 10.1. The highest BCUT2D eigenvalue weighted by Gasteiger charge is 2.12. The van der Waals surface area contributed by atoms with Gasteiger partial charge in [-0.1, -0.05) is 24.3 Å². The number of aromatic amines is 1. The van der Waals surface area contributed by atoms with Crippen molar-refractivity contribution in [2.45, 2.75) is 11.4 Å². The SMILES string of the molecule is CS(=O)(=O)c1ccccc1NCc1ccc2cc[nH]c2c1. The summed E-state index contributed by atoms with van der Waals surface area (Å²) < 4.78 is 23.5. The number of hydrogen-bond acceptors (Lipinski definition) is 3. The number of fused-ring (bicyclic) bond motifs is 1. The fraction of sp³-hybridized carbons (Fsp3) is 0.125. The molecule has 4 nitrogen and oxygen atoms in total. The molecule has 0 spiro atoms. The van der Waals surface area contributed by atoms with E-state index in [0.29, 0.717) is 17.1 Å². The molecule has 5 heteroatoms. The third-order valence-electron chi connectivity index (χ3n) is 3.39. The van der Waals surface area contributed by atoms with Gasteiger partial charge < -0.3 is 10.3 Å². The van der Waals surface area contributed by atoms with Gasteiger partial charge in [-0.05, 0) is 35.2 Å². The fourth-order valence-corrected chi connectivity index (χ4v) is 3.20. The summed E-state index contributed by atoms with van der Waals surface area (Å²) in [6, 6.07) is 15.1. The van der Waals surface area contributed by atoms with Crippen LogP contribution >= 0.6 is 0 Å². The van der Waals surface area contributed by atoms with Crippen LogP contribution in [0.5, 0.6) is 0 Å². The van der Waals surface area contributed by atoms with Crippen molar-refractivity contribution in [1.82, 2.24) is 4.98 Å². The lowest BCUT2D eigenvalue weighted by molar-refractivity contribution is 0.602. The summed E-state index contributed by atoms with van der Waals surface area (Å²) in [5.41, 5.74) is 2.80. The van der Waals surface area contributed by atoms with Crippen molar-refractivity contribution in [1.29, 1.82) is 0 Å². The van der Waals surface area contributed by atoms with Gasteiger partial charge in [0.25, 0.3) is 0 Å². The molecule has 108 valence electrons. The Morgan fingerprint density at radius 3 is 2.71 bits per heavy atom. The summed E-state index contributed by atoms with van der Waals surface area (Å²) in [5, 5.41) is 4.36. The molecule has 2 aromatic carbocycles. The van der Waals surface area contributed by atoms with Crippen LogP contribution in [-0.2, 0) is 16.4 Å². The Morgan fingerprint density at radius 1 is 1.10 bits per heavy atom. The number of nitrogens with one attached hydrogen (secondary N) is 2. The van der Waals surface area contributed by atoms with Gasteiger partial charge in [0.2, 0.25) is 0 Å². The second kappa shape index (κ2) is 5.26. The zero-order valence-electron chi connectivity index (χ0n) is 11.6. The van der Waals surface area contributed by atoms with Crippen LogP contribution in [0.1, 0.15) is 5.56 Å². The van der Waals surface area contributed by atoms with Crippen LogP contribution in [0.2, 0.25) is 0 Å². The monoisotopic (exact) mass is 300 g/mol. The zero-order valence-corrected chi connectivity index (χ0v) is 12.4. The quantitative estimate of drug-likeness (QED) is 0.778. The lowest BCUT2D eigenvalue weighted by Gasteiger charge is -2.11. The Labute approximate surface area is 123 Å². The molecule has 1 heterocycles. The number of hydrogen-bond donors (Lipinski definition) is 2. The van der Waals surface area contributed by atoms with E-state index in [1.807, 2.05) is 30.5 Å². The fourth-order valence-electron chi connectivity index (χ4n) is 2.34. The van der Waals surface area contributed by atoms with Crippen LogP contribution < -0.4 is 5.32 Å². The molecule has 0 saturated heterocycles. The molecule has 3 rings (SSSR count). The molecule has 0 radical (unpaired) electrons. The molecule has 0 amide bonds. The van der Waals surface area contributed by atoms with E-state index in [-0.39, 0.29) is 0 Å². The number of H-pyrrole nitrogens is 1. The Morgan fingerprint density at radius 2 is 1.90 bits per heavy atom. The molecule has 0 aliphatic rings. The van der Waals surface area contributed by atoms with Crippen LogP contribution in [0.25, 0.3) is 10.9 Å². The van der Waals surface area contributed by atoms with E-state index in [1.54, 1.807) is 18.2 Å². The highest BCUT2D eigenvalue weighted by atomic mass is 32.2. The van der Waals surface area contributed by atoms with E-state index in [0.717, 1.165) is 16.5 Å². The van der Waals surface area contributed by atoms with Gasteiger partial charge in [0.05, 0.1) is 10.6 Å². The molecule has 0 aliphatic heterocycles. The van der Waals surface area contributed by atoms with Crippen molar-refractivity contribution in [2.75, 3.05) is 11.6 Å². The molecule has 0 saturated carbocycles. The van der Waals surface area contributed by atoms with E-state index in [4.69, 9.17) is 0 Å². The first-order chi connectivity index (χ1) is 10.0. The standard InChI is InChI=1S/C16H16N2O2S/c1-21(19,20)16-5-3-2-4-14(16)18-11-12-6-7-13-8-9-17-15(13)10-12/h2-10,17-18H,11H2,1H3. The Kier molecular flexibility index (Phi) is 3.43. The number of sulfone groups is 1. The van der Waals surface area contributed by atoms with Gasteiger partial charge in [-0.15, -0.1) is 0 Å². The maximum absolute atomic E-state index is 11.8. The van der Waals surface area contributed by atoms with Gasteiger partial charge in [0.15, 0.2) is 9.84 Å². The van der Waals surface area contributed by atoms with E-state index in [1.165, 1.54) is 6.26 Å². The minimum absolute atomic E-state index is 0.325. The van der Waals surface area contributed by atoms with E-state index in [9.17, 15) is 8.42 Å². The Bertz CT molecular complexity index is 882. The maximum Gasteiger partial charge on any atom is 0.177 e. The summed E-state index contributed by atoms with van der Waals surface area (Å²) in [4.78, 5) is 3.50. The van der Waals surface area contributed by atoms with Crippen molar-refractivity contribution in [3.63, 3.8) is 0 Å². The minimum atomic E-state index is -3.23. The van der Waals surface area contributed by atoms with Gasteiger partial charge in [0, 0.05) is 24.5 Å². The summed E-state index contributed by atoms with van der Waals surface area (Å²) in [5.74, 6) is 0. The topological polar surface area (TPSA) is 62.0 Å². The smallest absolute Gasteiger partial charge is 0.177 e. The number of benzene rings is 2. The van der Waals surface area contributed by atoms with Crippen molar-refractivity contribution < 1.29 is 8.42 Å². The molecule has 2 N–H and O–H groups in total. The van der Waals surface area contributed by atoms with Crippen LogP contribution in [0.15, 0.2) is 59.6 Å². The lowest BCUT2D eigenvalue weighted by Crippen LogP contribution is -2.06. The number of rotatable bonds is 4. The predicted molar refractivity (Wildman–Crippen MR) is 85.2 cm³/mol. The predicted octanol–water partition coefficient (Wildman–Crippen LogP) is 3.18. The van der Waals surface area contributed by atoms with Gasteiger partial charge in [-0.3, -0.25) is 0 Å². The second-order valence-corrected chi connectivity index (χ2v) is 7.01. The summed E-state index contributed by atoms with van der Waals surface area (Å²) >= 11 is 0. The third kappa shape index (κ3) is 2.92. The molecular formula is C16H16N2O2S.